The Morgan fingerprint density at radius 1 is 0.720 bits per heavy atom. The maximum Gasteiger partial charge on any atom is 0.330 e. The molecule has 0 unspecified atom stereocenters. The molecule has 0 N–H and O–H groups in total. The minimum absolute atomic E-state index is 0.0251. The van der Waals surface area contributed by atoms with Crippen molar-refractivity contribution in [2.75, 3.05) is 0 Å². The van der Waals surface area contributed by atoms with Gasteiger partial charge in [-0.25, -0.2) is 4.79 Å². The van der Waals surface area contributed by atoms with Gasteiger partial charge < -0.3 is 4.74 Å². The van der Waals surface area contributed by atoms with Crippen LogP contribution in [0.1, 0.15) is 124 Å². The summed E-state index contributed by atoms with van der Waals surface area (Å²) in [6.45, 7) is 6.03. The molecule has 148 valence electrons. The van der Waals surface area contributed by atoms with E-state index in [-0.39, 0.29) is 12.1 Å². The summed E-state index contributed by atoms with van der Waals surface area (Å²) >= 11 is 0. The molecule has 0 radical (unpaired) electrons. The third-order valence-corrected chi connectivity index (χ3v) is 4.58. The first-order valence-corrected chi connectivity index (χ1v) is 11.0. The Labute approximate surface area is 157 Å². The van der Waals surface area contributed by atoms with Gasteiger partial charge in [-0.05, 0) is 26.7 Å². The predicted molar refractivity (Wildman–Crippen MR) is 110 cm³/mol. The van der Waals surface area contributed by atoms with E-state index in [1.54, 1.807) is 6.08 Å². The highest BCUT2D eigenvalue weighted by molar-refractivity contribution is 5.81. The molecule has 0 amide bonds. The Bertz CT molecular complexity index is 307. The summed E-state index contributed by atoms with van der Waals surface area (Å²) in [4.78, 5) is 11.3. The van der Waals surface area contributed by atoms with Crippen LogP contribution in [0.3, 0.4) is 0 Å². The van der Waals surface area contributed by atoms with E-state index in [4.69, 9.17) is 4.74 Å². The van der Waals surface area contributed by atoms with Crippen LogP contribution in [0, 0.1) is 0 Å². The van der Waals surface area contributed by atoms with Crippen molar-refractivity contribution in [1.29, 1.82) is 0 Å². The van der Waals surface area contributed by atoms with Crippen molar-refractivity contribution in [2.24, 2.45) is 0 Å². The quantitative estimate of drug-likeness (QED) is 0.143. The molecule has 0 heterocycles. The lowest BCUT2D eigenvalue weighted by molar-refractivity contribution is -0.141. The van der Waals surface area contributed by atoms with E-state index in [2.05, 4.69) is 6.92 Å². The molecule has 0 aliphatic carbocycles. The molecule has 2 nitrogen and oxygen atoms in total. The van der Waals surface area contributed by atoms with Crippen molar-refractivity contribution in [3.05, 3.63) is 12.2 Å². The van der Waals surface area contributed by atoms with Crippen LogP contribution in [0.5, 0.6) is 0 Å². The van der Waals surface area contributed by atoms with E-state index >= 15 is 0 Å². The zero-order valence-corrected chi connectivity index (χ0v) is 17.4. The van der Waals surface area contributed by atoms with Gasteiger partial charge in [0.1, 0.15) is 0 Å². The SMILES string of the molecule is CCCCCCCCCCCCCCCCCC=CC(=O)OC(C)C. The van der Waals surface area contributed by atoms with Crippen LogP contribution in [0.2, 0.25) is 0 Å². The van der Waals surface area contributed by atoms with Gasteiger partial charge in [0.05, 0.1) is 6.10 Å². The van der Waals surface area contributed by atoms with Crippen molar-refractivity contribution in [3.8, 4) is 0 Å². The summed E-state index contributed by atoms with van der Waals surface area (Å²) in [5, 5.41) is 0. The maximum absolute atomic E-state index is 11.3. The Hall–Kier alpha value is -0.790. The molecule has 0 saturated carbocycles. The molecule has 0 spiro atoms. The third-order valence-electron chi connectivity index (χ3n) is 4.58. The Morgan fingerprint density at radius 3 is 1.52 bits per heavy atom. The molecule has 0 aromatic rings. The minimum atomic E-state index is -0.212. The van der Waals surface area contributed by atoms with Crippen molar-refractivity contribution < 1.29 is 9.53 Å². The summed E-state index contributed by atoms with van der Waals surface area (Å²) < 4.78 is 5.05. The van der Waals surface area contributed by atoms with Crippen LogP contribution < -0.4 is 0 Å². The number of unbranched alkanes of at least 4 members (excludes halogenated alkanes) is 15. The number of ether oxygens (including phenoxy) is 1. The zero-order chi connectivity index (χ0) is 18.6. The minimum Gasteiger partial charge on any atom is -0.460 e. The lowest BCUT2D eigenvalue weighted by atomic mass is 10.0. The topological polar surface area (TPSA) is 26.3 Å². The first-order valence-electron chi connectivity index (χ1n) is 11.0. The van der Waals surface area contributed by atoms with E-state index in [9.17, 15) is 4.79 Å². The fraction of sp³-hybridized carbons (Fsp3) is 0.870. The highest BCUT2D eigenvalue weighted by Gasteiger charge is 1.99. The standard InChI is InChI=1S/C23H44O2/c1-4-5-6-7-8-9-10-11-12-13-14-15-16-17-18-19-20-21-23(24)25-22(2)3/h20-22H,4-19H2,1-3H3. The largest absolute Gasteiger partial charge is 0.460 e. The Balaban J connectivity index is 3.14. The van der Waals surface area contributed by atoms with Crippen molar-refractivity contribution in [2.45, 2.75) is 130 Å². The van der Waals surface area contributed by atoms with Crippen LogP contribution in [-0.2, 0) is 9.53 Å². The maximum atomic E-state index is 11.3. The molecular weight excluding hydrogens is 308 g/mol. The van der Waals surface area contributed by atoms with Gasteiger partial charge in [-0.15, -0.1) is 0 Å². The average Bonchev–Trinajstić information content (AvgIpc) is 2.57. The van der Waals surface area contributed by atoms with Gasteiger partial charge in [-0.3, -0.25) is 0 Å². The van der Waals surface area contributed by atoms with Crippen LogP contribution >= 0.6 is 0 Å². The second kappa shape index (κ2) is 19.5. The molecule has 0 bridgehead atoms. The first kappa shape index (κ1) is 24.2. The molecule has 0 aliphatic rings. The average molecular weight is 353 g/mol. The number of esters is 1. The number of hydrogen-bond donors (Lipinski definition) is 0. The van der Waals surface area contributed by atoms with Gasteiger partial charge in [0.15, 0.2) is 0 Å². The van der Waals surface area contributed by atoms with Crippen molar-refractivity contribution >= 4 is 5.97 Å². The first-order chi connectivity index (χ1) is 12.2. The molecule has 0 aromatic heterocycles. The lowest BCUT2D eigenvalue weighted by Gasteiger charge is -2.04. The lowest BCUT2D eigenvalue weighted by Crippen LogP contribution is -2.08. The van der Waals surface area contributed by atoms with Gasteiger partial charge >= 0.3 is 5.97 Å². The Morgan fingerprint density at radius 2 is 1.12 bits per heavy atom. The van der Waals surface area contributed by atoms with Crippen LogP contribution in [-0.4, -0.2) is 12.1 Å². The summed E-state index contributed by atoms with van der Waals surface area (Å²) in [7, 11) is 0. The molecule has 0 rings (SSSR count). The van der Waals surface area contributed by atoms with E-state index < -0.39 is 0 Å². The third kappa shape index (κ3) is 21.2. The highest BCUT2D eigenvalue weighted by atomic mass is 16.5. The Kier molecular flexibility index (Phi) is 18.9. The summed E-state index contributed by atoms with van der Waals surface area (Å²) in [5.74, 6) is -0.212. The van der Waals surface area contributed by atoms with Crippen molar-refractivity contribution in [1.82, 2.24) is 0 Å². The van der Waals surface area contributed by atoms with Gasteiger partial charge in [-0.2, -0.15) is 0 Å². The summed E-state index contributed by atoms with van der Waals surface area (Å²) in [5.41, 5.74) is 0. The molecule has 2 heteroatoms. The molecule has 25 heavy (non-hydrogen) atoms. The van der Waals surface area contributed by atoms with Gasteiger partial charge in [0.2, 0.25) is 0 Å². The fourth-order valence-corrected chi connectivity index (χ4v) is 3.08. The van der Waals surface area contributed by atoms with E-state index in [0.717, 1.165) is 6.42 Å². The summed E-state index contributed by atoms with van der Waals surface area (Å²) in [6.07, 6.45) is 25.3. The van der Waals surface area contributed by atoms with Crippen LogP contribution in [0.15, 0.2) is 12.2 Å². The van der Waals surface area contributed by atoms with Crippen LogP contribution in [0.4, 0.5) is 0 Å². The fourth-order valence-electron chi connectivity index (χ4n) is 3.08. The second-order valence-electron chi connectivity index (χ2n) is 7.63. The van der Waals surface area contributed by atoms with Crippen LogP contribution in [0.25, 0.3) is 0 Å². The number of carbonyl (C=O) groups is 1. The number of hydrogen-bond acceptors (Lipinski definition) is 2. The number of allylic oxidation sites excluding steroid dienone is 1. The van der Waals surface area contributed by atoms with Gasteiger partial charge in [-0.1, -0.05) is 103 Å². The molecule has 0 fully saturated rings. The monoisotopic (exact) mass is 352 g/mol. The van der Waals surface area contributed by atoms with E-state index in [1.807, 2.05) is 19.9 Å². The molecular formula is C23H44O2. The smallest absolute Gasteiger partial charge is 0.330 e. The molecule has 0 atom stereocenters. The van der Waals surface area contributed by atoms with Gasteiger partial charge in [0, 0.05) is 6.08 Å². The zero-order valence-electron chi connectivity index (χ0n) is 17.4. The molecule has 0 saturated heterocycles. The number of rotatable bonds is 18. The predicted octanol–water partition coefficient (Wildman–Crippen LogP) is 7.76. The molecule has 0 aliphatic heterocycles. The van der Waals surface area contributed by atoms with E-state index in [0.29, 0.717) is 0 Å². The van der Waals surface area contributed by atoms with Gasteiger partial charge in [0.25, 0.3) is 0 Å². The molecule has 0 aromatic carbocycles. The summed E-state index contributed by atoms with van der Waals surface area (Å²) in [6, 6.07) is 0. The normalized spacial score (nSPS) is 11.5. The van der Waals surface area contributed by atoms with E-state index in [1.165, 1.54) is 96.3 Å². The number of carbonyl (C=O) groups excluding carboxylic acids is 1. The van der Waals surface area contributed by atoms with Crippen molar-refractivity contribution in [3.63, 3.8) is 0 Å². The second-order valence-corrected chi connectivity index (χ2v) is 7.63. The highest BCUT2D eigenvalue weighted by Crippen LogP contribution is 2.13.